The van der Waals surface area contributed by atoms with Crippen LogP contribution in [0.4, 0.5) is 0 Å². The van der Waals surface area contributed by atoms with E-state index in [0.717, 1.165) is 37.2 Å². The minimum Gasteiger partial charge on any atom is -0.479 e. The predicted octanol–water partition coefficient (Wildman–Crippen LogP) is 2.48. The van der Waals surface area contributed by atoms with Gasteiger partial charge < -0.3 is 15.2 Å². The molecule has 0 unspecified atom stereocenters. The van der Waals surface area contributed by atoms with Gasteiger partial charge in [-0.3, -0.25) is 0 Å². The van der Waals surface area contributed by atoms with Gasteiger partial charge in [-0.1, -0.05) is 26.0 Å². The number of ether oxygens (including phenoxy) is 1. The van der Waals surface area contributed by atoms with E-state index in [9.17, 15) is 0 Å². The molecule has 4 heteroatoms. The molecule has 0 aliphatic carbocycles. The molecular weight excluding hydrogens is 252 g/mol. The molecule has 0 aromatic heterocycles. The van der Waals surface area contributed by atoms with E-state index in [2.05, 4.69) is 19.2 Å². The highest BCUT2D eigenvalue weighted by molar-refractivity contribution is 5.28. The Morgan fingerprint density at radius 3 is 2.90 bits per heavy atom. The Kier molecular flexibility index (Phi) is 7.06. The predicted molar refractivity (Wildman–Crippen MR) is 79.4 cm³/mol. The van der Waals surface area contributed by atoms with E-state index >= 15 is 0 Å². The molecule has 0 radical (unpaired) electrons. The Morgan fingerprint density at radius 1 is 1.40 bits per heavy atom. The van der Waals surface area contributed by atoms with Crippen LogP contribution in [-0.2, 0) is 6.54 Å². The van der Waals surface area contributed by atoms with Crippen LogP contribution in [0.1, 0.15) is 32.3 Å². The van der Waals surface area contributed by atoms with Crippen molar-refractivity contribution >= 4 is 0 Å². The Bertz CT molecular complexity index is 438. The summed E-state index contributed by atoms with van der Waals surface area (Å²) in [4.78, 5) is 0. The lowest BCUT2D eigenvalue weighted by atomic mass is 9.88. The molecule has 0 fully saturated rings. The Balaban J connectivity index is 2.40. The van der Waals surface area contributed by atoms with Gasteiger partial charge in [0, 0.05) is 19.7 Å². The third-order valence-electron chi connectivity index (χ3n) is 3.15. The average Bonchev–Trinajstić information content (AvgIpc) is 2.43. The first-order valence-corrected chi connectivity index (χ1v) is 6.98. The fourth-order valence-electron chi connectivity index (χ4n) is 2.05. The molecule has 0 spiro atoms. The molecule has 0 saturated heterocycles. The second-order valence-electron chi connectivity index (χ2n) is 5.69. The summed E-state index contributed by atoms with van der Waals surface area (Å²) in [5.74, 6) is 0.727. The summed E-state index contributed by atoms with van der Waals surface area (Å²) >= 11 is 0. The van der Waals surface area contributed by atoms with Gasteiger partial charge in [0.25, 0.3) is 0 Å². The number of aliphatic hydroxyl groups is 1. The quantitative estimate of drug-likeness (QED) is 0.727. The van der Waals surface area contributed by atoms with Crippen molar-refractivity contribution in [1.82, 2.24) is 5.32 Å². The van der Waals surface area contributed by atoms with Crippen molar-refractivity contribution in [2.75, 3.05) is 19.8 Å². The van der Waals surface area contributed by atoms with Crippen LogP contribution in [0.3, 0.4) is 0 Å². The zero-order chi connectivity index (χ0) is 14.8. The third kappa shape index (κ3) is 6.55. The van der Waals surface area contributed by atoms with Gasteiger partial charge in [-0.2, -0.15) is 5.26 Å². The van der Waals surface area contributed by atoms with Gasteiger partial charge in [0.1, 0.15) is 11.8 Å². The average molecular weight is 276 g/mol. The molecule has 0 saturated carbocycles. The fraction of sp³-hybridized carbons (Fsp3) is 0.562. The van der Waals surface area contributed by atoms with Crippen molar-refractivity contribution in [3.8, 4) is 11.8 Å². The summed E-state index contributed by atoms with van der Waals surface area (Å²) in [7, 11) is 0. The lowest BCUT2D eigenvalue weighted by molar-refractivity contribution is 0.236. The molecule has 2 N–H and O–H groups in total. The molecule has 0 amide bonds. The minimum atomic E-state index is 0.0745. The molecule has 0 atom stereocenters. The van der Waals surface area contributed by atoms with Gasteiger partial charge >= 0.3 is 0 Å². The monoisotopic (exact) mass is 276 g/mol. The maximum atomic E-state index is 8.88. The SMILES string of the molecule is CC(C)(CCCO)CNCc1cccc(OCC#N)c1. The number of hydrogen-bond acceptors (Lipinski definition) is 4. The highest BCUT2D eigenvalue weighted by Crippen LogP contribution is 2.21. The van der Waals surface area contributed by atoms with Crippen molar-refractivity contribution in [3.05, 3.63) is 29.8 Å². The first kappa shape index (κ1) is 16.5. The van der Waals surface area contributed by atoms with Crippen LogP contribution in [0.25, 0.3) is 0 Å². The first-order valence-electron chi connectivity index (χ1n) is 6.98. The van der Waals surface area contributed by atoms with E-state index in [4.69, 9.17) is 15.1 Å². The van der Waals surface area contributed by atoms with E-state index < -0.39 is 0 Å². The second-order valence-corrected chi connectivity index (χ2v) is 5.69. The summed E-state index contributed by atoms with van der Waals surface area (Å²) in [6, 6.07) is 9.73. The highest BCUT2D eigenvalue weighted by Gasteiger charge is 2.16. The second kappa shape index (κ2) is 8.57. The molecule has 1 aromatic carbocycles. The zero-order valence-electron chi connectivity index (χ0n) is 12.4. The van der Waals surface area contributed by atoms with E-state index in [1.165, 1.54) is 0 Å². The molecule has 0 heterocycles. The van der Waals surface area contributed by atoms with Crippen molar-refractivity contribution in [1.29, 1.82) is 5.26 Å². The maximum Gasteiger partial charge on any atom is 0.174 e. The number of nitrogens with zero attached hydrogens (tertiary/aromatic N) is 1. The van der Waals surface area contributed by atoms with E-state index in [1.54, 1.807) is 0 Å². The summed E-state index contributed by atoms with van der Waals surface area (Å²) in [6.07, 6.45) is 1.84. The van der Waals surface area contributed by atoms with Crippen LogP contribution in [-0.4, -0.2) is 24.9 Å². The lowest BCUT2D eigenvalue weighted by Gasteiger charge is -2.24. The highest BCUT2D eigenvalue weighted by atomic mass is 16.5. The molecule has 0 aliphatic rings. The Morgan fingerprint density at radius 2 is 2.20 bits per heavy atom. The molecular formula is C16H24N2O2. The molecule has 110 valence electrons. The number of nitriles is 1. The summed E-state index contributed by atoms with van der Waals surface area (Å²) in [5.41, 5.74) is 1.32. The summed E-state index contributed by atoms with van der Waals surface area (Å²) < 4.78 is 5.28. The molecule has 1 rings (SSSR count). The van der Waals surface area contributed by atoms with E-state index in [0.29, 0.717) is 0 Å². The van der Waals surface area contributed by atoms with Crippen molar-refractivity contribution in [3.63, 3.8) is 0 Å². The van der Waals surface area contributed by atoms with Gasteiger partial charge in [-0.15, -0.1) is 0 Å². The topological polar surface area (TPSA) is 65.3 Å². The van der Waals surface area contributed by atoms with Gasteiger partial charge in [0.15, 0.2) is 6.61 Å². The fourth-order valence-corrected chi connectivity index (χ4v) is 2.05. The molecule has 0 bridgehead atoms. The van der Waals surface area contributed by atoms with Crippen LogP contribution >= 0.6 is 0 Å². The molecule has 0 aliphatic heterocycles. The van der Waals surface area contributed by atoms with Crippen LogP contribution in [0.15, 0.2) is 24.3 Å². The van der Waals surface area contributed by atoms with Crippen LogP contribution in [0.2, 0.25) is 0 Å². The van der Waals surface area contributed by atoms with Crippen molar-refractivity contribution < 1.29 is 9.84 Å². The summed E-state index contributed by atoms with van der Waals surface area (Å²) in [6.45, 7) is 6.39. The molecule has 4 nitrogen and oxygen atoms in total. The normalized spacial score (nSPS) is 11.1. The van der Waals surface area contributed by atoms with E-state index in [-0.39, 0.29) is 18.6 Å². The van der Waals surface area contributed by atoms with E-state index in [1.807, 2.05) is 30.3 Å². The Labute approximate surface area is 121 Å². The Hall–Kier alpha value is -1.57. The first-order chi connectivity index (χ1) is 9.57. The lowest BCUT2D eigenvalue weighted by Crippen LogP contribution is -2.29. The number of hydrogen-bond donors (Lipinski definition) is 2. The molecule has 1 aromatic rings. The number of nitrogens with one attached hydrogen (secondary N) is 1. The van der Waals surface area contributed by atoms with Crippen molar-refractivity contribution in [2.24, 2.45) is 5.41 Å². The number of benzene rings is 1. The number of aliphatic hydroxyl groups excluding tert-OH is 1. The minimum absolute atomic E-state index is 0.0745. The smallest absolute Gasteiger partial charge is 0.174 e. The van der Waals surface area contributed by atoms with Crippen molar-refractivity contribution in [2.45, 2.75) is 33.2 Å². The van der Waals surface area contributed by atoms with Gasteiger partial charge in [-0.05, 0) is 36.0 Å². The molecule has 20 heavy (non-hydrogen) atoms. The maximum absolute atomic E-state index is 8.88. The zero-order valence-corrected chi connectivity index (χ0v) is 12.4. The van der Waals surface area contributed by atoms with Crippen LogP contribution in [0.5, 0.6) is 5.75 Å². The van der Waals surface area contributed by atoms with Crippen LogP contribution in [0, 0.1) is 16.7 Å². The van der Waals surface area contributed by atoms with Gasteiger partial charge in [-0.25, -0.2) is 0 Å². The van der Waals surface area contributed by atoms with Crippen LogP contribution < -0.4 is 10.1 Å². The number of rotatable bonds is 9. The third-order valence-corrected chi connectivity index (χ3v) is 3.15. The summed E-state index contributed by atoms with van der Waals surface area (Å²) in [5, 5.41) is 20.8. The van der Waals surface area contributed by atoms with Gasteiger partial charge in [0.05, 0.1) is 0 Å². The van der Waals surface area contributed by atoms with Gasteiger partial charge in [0.2, 0.25) is 0 Å². The standard InChI is InChI=1S/C16H24N2O2/c1-16(2,7-4-9-19)13-18-12-14-5-3-6-15(11-14)20-10-8-17/h3,5-6,11,18-19H,4,7,9-10,12-13H2,1-2H3. The largest absolute Gasteiger partial charge is 0.479 e.